The standard InChI is InChI=1S/C25H34N4O3/c1-4-30-21-11-18(12-22(14-21)31-16-17(2)3)15-29-9-7-20(8-10-29)27-25-28-23-13-19(26)5-6-24(23)32-25/h5-6,11-14,17,20H,4,7-10,15-16,26H2,1-3H3,(H,27,28). The molecule has 2 aromatic carbocycles. The fourth-order valence-corrected chi connectivity index (χ4v) is 3.99. The first-order valence-corrected chi connectivity index (χ1v) is 11.5. The molecule has 0 radical (unpaired) electrons. The Hall–Kier alpha value is -2.93. The largest absolute Gasteiger partial charge is 0.494 e. The molecule has 2 heterocycles. The van der Waals surface area contributed by atoms with Crippen molar-refractivity contribution in [2.45, 2.75) is 46.2 Å². The minimum absolute atomic E-state index is 0.344. The van der Waals surface area contributed by atoms with Gasteiger partial charge in [-0.25, -0.2) is 0 Å². The number of nitrogens with two attached hydrogens (primary N) is 1. The fraction of sp³-hybridized carbons (Fsp3) is 0.480. The van der Waals surface area contributed by atoms with E-state index in [0.717, 1.165) is 55.1 Å². The van der Waals surface area contributed by atoms with Crippen molar-refractivity contribution in [2.75, 3.05) is 37.4 Å². The number of oxazole rings is 1. The Balaban J connectivity index is 1.33. The van der Waals surface area contributed by atoms with Crippen molar-refractivity contribution in [1.29, 1.82) is 0 Å². The van der Waals surface area contributed by atoms with Gasteiger partial charge in [0.15, 0.2) is 5.58 Å². The summed E-state index contributed by atoms with van der Waals surface area (Å²) in [7, 11) is 0. The van der Waals surface area contributed by atoms with Crippen molar-refractivity contribution in [1.82, 2.24) is 9.88 Å². The van der Waals surface area contributed by atoms with Crippen molar-refractivity contribution < 1.29 is 13.9 Å². The molecule has 0 saturated carbocycles. The number of anilines is 2. The Morgan fingerprint density at radius 1 is 1.12 bits per heavy atom. The molecule has 0 unspecified atom stereocenters. The van der Waals surface area contributed by atoms with E-state index >= 15 is 0 Å². The van der Waals surface area contributed by atoms with Gasteiger partial charge in [0.05, 0.1) is 13.2 Å². The third kappa shape index (κ3) is 5.85. The van der Waals surface area contributed by atoms with Crippen LogP contribution in [-0.2, 0) is 6.54 Å². The number of piperidine rings is 1. The van der Waals surface area contributed by atoms with Crippen LogP contribution in [0.4, 0.5) is 11.7 Å². The number of benzene rings is 2. The second-order valence-electron chi connectivity index (χ2n) is 8.89. The highest BCUT2D eigenvalue weighted by Crippen LogP contribution is 2.27. The van der Waals surface area contributed by atoms with E-state index in [1.165, 1.54) is 5.56 Å². The van der Waals surface area contributed by atoms with Gasteiger partial charge in [0, 0.05) is 37.4 Å². The minimum atomic E-state index is 0.344. The summed E-state index contributed by atoms with van der Waals surface area (Å²) in [6.07, 6.45) is 2.06. The topological polar surface area (TPSA) is 85.8 Å². The highest BCUT2D eigenvalue weighted by Gasteiger charge is 2.21. The molecule has 0 amide bonds. The van der Waals surface area contributed by atoms with E-state index < -0.39 is 0 Å². The lowest BCUT2D eigenvalue weighted by Crippen LogP contribution is -2.38. The quantitative estimate of drug-likeness (QED) is 0.459. The Morgan fingerprint density at radius 3 is 2.59 bits per heavy atom. The maximum Gasteiger partial charge on any atom is 0.295 e. The Bertz CT molecular complexity index is 1030. The molecule has 1 aliphatic heterocycles. The molecule has 1 fully saturated rings. The average molecular weight is 439 g/mol. The van der Waals surface area contributed by atoms with Crippen LogP contribution in [0.25, 0.3) is 11.1 Å². The van der Waals surface area contributed by atoms with Gasteiger partial charge in [-0.1, -0.05) is 13.8 Å². The Kier molecular flexibility index (Phi) is 7.05. The zero-order chi connectivity index (χ0) is 22.5. The molecule has 32 heavy (non-hydrogen) atoms. The van der Waals surface area contributed by atoms with E-state index in [2.05, 4.69) is 41.2 Å². The van der Waals surface area contributed by atoms with Gasteiger partial charge in [0.1, 0.15) is 17.0 Å². The van der Waals surface area contributed by atoms with E-state index in [9.17, 15) is 0 Å². The van der Waals surface area contributed by atoms with Gasteiger partial charge in [-0.15, -0.1) is 0 Å². The lowest BCUT2D eigenvalue weighted by molar-refractivity contribution is 0.209. The van der Waals surface area contributed by atoms with Crippen LogP contribution in [0.2, 0.25) is 0 Å². The van der Waals surface area contributed by atoms with E-state index in [4.69, 9.17) is 19.6 Å². The minimum Gasteiger partial charge on any atom is -0.494 e. The zero-order valence-corrected chi connectivity index (χ0v) is 19.3. The number of nitrogens with one attached hydrogen (secondary N) is 1. The van der Waals surface area contributed by atoms with E-state index in [0.29, 0.717) is 36.9 Å². The Morgan fingerprint density at radius 2 is 1.88 bits per heavy atom. The van der Waals surface area contributed by atoms with Gasteiger partial charge in [0.25, 0.3) is 6.01 Å². The zero-order valence-electron chi connectivity index (χ0n) is 19.3. The van der Waals surface area contributed by atoms with Crippen LogP contribution in [0.3, 0.4) is 0 Å². The summed E-state index contributed by atoms with van der Waals surface area (Å²) in [4.78, 5) is 7.00. The summed E-state index contributed by atoms with van der Waals surface area (Å²) >= 11 is 0. The maximum absolute atomic E-state index is 5.97. The van der Waals surface area contributed by atoms with Crippen LogP contribution >= 0.6 is 0 Å². The lowest BCUT2D eigenvalue weighted by atomic mass is 10.0. The molecule has 4 rings (SSSR count). The van der Waals surface area contributed by atoms with Crippen molar-refractivity contribution in [2.24, 2.45) is 5.92 Å². The number of likely N-dealkylation sites (tertiary alicyclic amines) is 1. The SMILES string of the molecule is CCOc1cc(CN2CCC(Nc3nc4cc(N)ccc4o3)CC2)cc(OCC(C)C)c1. The molecule has 3 aromatic rings. The molecular formula is C25H34N4O3. The second-order valence-corrected chi connectivity index (χ2v) is 8.89. The molecule has 1 saturated heterocycles. The number of nitrogens with zero attached hydrogens (tertiary/aromatic N) is 2. The molecule has 0 bridgehead atoms. The molecule has 172 valence electrons. The van der Waals surface area contributed by atoms with Gasteiger partial charge < -0.3 is 24.9 Å². The summed E-state index contributed by atoms with van der Waals surface area (Å²) in [6.45, 7) is 10.6. The molecule has 3 N–H and O–H groups in total. The third-order valence-corrected chi connectivity index (χ3v) is 5.57. The Labute approximate surface area is 189 Å². The number of fused-ring (bicyclic) bond motifs is 1. The monoisotopic (exact) mass is 438 g/mol. The first-order chi connectivity index (χ1) is 15.5. The van der Waals surface area contributed by atoms with Gasteiger partial charge in [0.2, 0.25) is 0 Å². The van der Waals surface area contributed by atoms with E-state index in [1.807, 2.05) is 31.2 Å². The second kappa shape index (κ2) is 10.1. The summed E-state index contributed by atoms with van der Waals surface area (Å²) in [5.41, 5.74) is 9.29. The first-order valence-electron chi connectivity index (χ1n) is 11.5. The summed E-state index contributed by atoms with van der Waals surface area (Å²) in [5.74, 6) is 2.24. The van der Waals surface area contributed by atoms with Crippen molar-refractivity contribution in [3.05, 3.63) is 42.0 Å². The van der Waals surface area contributed by atoms with Gasteiger partial charge >= 0.3 is 0 Å². The number of hydrogen-bond donors (Lipinski definition) is 2. The normalized spacial score (nSPS) is 15.4. The first kappa shape index (κ1) is 22.3. The van der Waals surface area contributed by atoms with Crippen LogP contribution in [0.1, 0.15) is 39.2 Å². The molecule has 1 aromatic heterocycles. The van der Waals surface area contributed by atoms with Crippen LogP contribution in [0.15, 0.2) is 40.8 Å². The molecule has 7 heteroatoms. The number of ether oxygens (including phenoxy) is 2. The summed E-state index contributed by atoms with van der Waals surface area (Å²) in [5, 5.41) is 3.45. The van der Waals surface area contributed by atoms with Crippen molar-refractivity contribution >= 4 is 22.8 Å². The smallest absolute Gasteiger partial charge is 0.295 e. The average Bonchev–Trinajstić information content (AvgIpc) is 3.15. The number of aromatic nitrogens is 1. The number of hydrogen-bond acceptors (Lipinski definition) is 7. The number of nitrogen functional groups attached to an aromatic ring is 1. The molecule has 1 aliphatic rings. The van der Waals surface area contributed by atoms with E-state index in [-0.39, 0.29) is 0 Å². The summed E-state index contributed by atoms with van der Waals surface area (Å²) in [6, 6.07) is 12.7. The lowest BCUT2D eigenvalue weighted by Gasteiger charge is -2.32. The highest BCUT2D eigenvalue weighted by molar-refractivity contribution is 5.78. The van der Waals surface area contributed by atoms with E-state index in [1.54, 1.807) is 0 Å². The highest BCUT2D eigenvalue weighted by atomic mass is 16.5. The fourth-order valence-electron chi connectivity index (χ4n) is 3.99. The van der Waals surface area contributed by atoms with Crippen LogP contribution in [0.5, 0.6) is 11.5 Å². The third-order valence-electron chi connectivity index (χ3n) is 5.57. The molecule has 0 atom stereocenters. The molecule has 0 aliphatic carbocycles. The van der Waals surface area contributed by atoms with Crippen molar-refractivity contribution in [3.8, 4) is 11.5 Å². The van der Waals surface area contributed by atoms with Crippen LogP contribution in [0, 0.1) is 5.92 Å². The van der Waals surface area contributed by atoms with Crippen molar-refractivity contribution in [3.63, 3.8) is 0 Å². The molecule has 7 nitrogen and oxygen atoms in total. The number of rotatable bonds is 9. The predicted octanol–water partition coefficient (Wildman–Crippen LogP) is 4.92. The molecular weight excluding hydrogens is 404 g/mol. The van der Waals surface area contributed by atoms with Crippen LogP contribution in [-0.4, -0.2) is 42.2 Å². The predicted molar refractivity (Wildman–Crippen MR) is 128 cm³/mol. The summed E-state index contributed by atoms with van der Waals surface area (Å²) < 4.78 is 17.5. The molecule has 0 spiro atoms. The van der Waals surface area contributed by atoms with Gasteiger partial charge in [-0.3, -0.25) is 4.90 Å². The van der Waals surface area contributed by atoms with Gasteiger partial charge in [-0.05, 0) is 61.6 Å². The maximum atomic E-state index is 5.97. The van der Waals surface area contributed by atoms with Gasteiger partial charge in [-0.2, -0.15) is 4.98 Å². The van der Waals surface area contributed by atoms with Crippen LogP contribution < -0.4 is 20.5 Å².